The Labute approximate surface area is 872 Å². The van der Waals surface area contributed by atoms with Gasteiger partial charge in [0, 0.05) is 114 Å². The summed E-state index contributed by atoms with van der Waals surface area (Å²) in [5, 5.41) is 46.6. The van der Waals surface area contributed by atoms with Crippen LogP contribution in [0.2, 0.25) is 0 Å². The number of aromatic amines is 2. The predicted octanol–water partition coefficient (Wildman–Crippen LogP) is 17.9. The first-order valence-electron chi connectivity index (χ1n) is 50.3. The van der Waals surface area contributed by atoms with Crippen molar-refractivity contribution in [3.63, 3.8) is 0 Å². The number of aliphatic hydroxyl groups is 2. The number of fused-ring (bicyclic) bond motifs is 2. The van der Waals surface area contributed by atoms with E-state index in [0.717, 1.165) is 106 Å². The van der Waals surface area contributed by atoms with Crippen molar-refractivity contribution in [3.8, 4) is 23.0 Å². The van der Waals surface area contributed by atoms with Gasteiger partial charge < -0.3 is 85.7 Å². The molecule has 1 saturated carbocycles. The summed E-state index contributed by atoms with van der Waals surface area (Å²) < 4.78 is 22.2. The van der Waals surface area contributed by atoms with Crippen molar-refractivity contribution in [1.29, 1.82) is 0 Å². The van der Waals surface area contributed by atoms with E-state index in [2.05, 4.69) is 100 Å². The van der Waals surface area contributed by atoms with Gasteiger partial charge in [-0.2, -0.15) is 9.97 Å². The summed E-state index contributed by atoms with van der Waals surface area (Å²) in [6.45, 7) is 17.8. The predicted molar refractivity (Wildman–Crippen MR) is 566 cm³/mol. The van der Waals surface area contributed by atoms with E-state index in [9.17, 15) is 53.7 Å². The summed E-state index contributed by atoms with van der Waals surface area (Å²) in [6.07, 6.45) is 27.7. The maximum absolute atomic E-state index is 13.6. The van der Waals surface area contributed by atoms with Crippen LogP contribution in [0.5, 0.6) is 23.0 Å². The second kappa shape index (κ2) is 55.6. The molecule has 770 valence electrons. The number of nitrogens with one attached hydrogen (secondary N) is 2. The topological polar surface area (TPSA) is 371 Å². The number of nitrogens with zero attached hydrogens (tertiary/aromatic N) is 10. The van der Waals surface area contributed by atoms with Gasteiger partial charge >= 0.3 is 18.2 Å². The molecule has 7 aromatic carbocycles. The smallest absolute Gasteiger partial charge is 0.483 e. The van der Waals surface area contributed by atoms with E-state index in [4.69, 9.17) is 24.3 Å². The Kier molecular flexibility index (Phi) is 43.3. The van der Waals surface area contributed by atoms with Crippen molar-refractivity contribution in [2.75, 3.05) is 39.4 Å². The van der Waals surface area contributed by atoms with E-state index < -0.39 is 46.9 Å². The fourth-order valence-corrected chi connectivity index (χ4v) is 19.5. The monoisotopic (exact) mass is 2130 g/mol. The van der Waals surface area contributed by atoms with Crippen LogP contribution in [0.4, 0.5) is 0 Å². The average Bonchev–Trinajstić information content (AvgIpc) is 0.755. The van der Waals surface area contributed by atoms with Crippen LogP contribution in [-0.2, 0) is 79.0 Å². The molecule has 4 aromatic heterocycles. The molecule has 1 fully saturated rings. The molecule has 0 radical (unpaired) electrons. The third-order valence-corrected chi connectivity index (χ3v) is 27.4. The number of halogens is 1. The van der Waals surface area contributed by atoms with Crippen LogP contribution >= 0.6 is 15.9 Å². The first-order valence-corrected chi connectivity index (χ1v) is 51.1. The number of rotatable bonds is 31. The Balaban J connectivity index is 0.000000178. The maximum Gasteiger partial charge on any atom is 0.483 e. The maximum atomic E-state index is 13.6. The molecule has 7 N–H and O–H groups in total. The average molecular weight is 2130 g/mol. The first kappa shape index (κ1) is 113. The van der Waals surface area contributed by atoms with Crippen molar-refractivity contribution in [2.45, 2.75) is 253 Å². The number of ether oxygens (including phenoxy) is 3. The summed E-state index contributed by atoms with van der Waals surface area (Å²) >= 11 is 3.50. The zero-order valence-corrected chi connectivity index (χ0v) is 87.8. The zero-order chi connectivity index (χ0) is 102. The molecule has 0 bridgehead atoms. The Hall–Kier alpha value is -12.6. The van der Waals surface area contributed by atoms with Crippen molar-refractivity contribution in [2.24, 2.45) is 0 Å². The molecule has 0 spiro atoms. The standard InChI is InChI=1S/C30H35N3O4.C30H33N3O3.C24H26BrN3O4.C23H29N3O3.C6H11BO2.CH3.Pd/c1-21(2)33(17-18-34)30(36)27-28(37-20-22-11-5-3-6-12-22)29(35)32-26(31-27)19-24-15-9-10-16-25(24)23-13-7-4-8-14-23;1-21(2)32-17-18-33-26(19-24-15-9-10-16-25(24)23-13-7-4-8-14-23)31-29(34)28(27(33)30(32)35)36-20-22-11-5-3-6-12-22;1-16(2)28(12-13-29)24(31)21-22(32-15-17-8-4-3-5-9-17)23(30)27-20(26-21)14-18-10-6-7-11-19(18)25;1-15(2)25-12-13-26-19(24-22(28)21(27)20(26)23(25)29)14-17-10-6-7-11-18(17)16-8-4-3-5-9-16;8-7(9)6-4-2-1-3-5-6;;/h3,5-6,9-13,15-16,21,34H,4,7-8,14,17-20H2,1-2H3,(H,31,32,35);3,5-6,9-13,15-16,21H,4,7-8,14,17-20H2,1-2H3;3-11,16,29H,12-15H2,1-2H3,(H,26,27,30);6-7,10-11,15-16,27H,3-5,8-9,12-14H2,1-2H3;4,8-9H,1-3,5H2;1H3;/q;;;;;-1;. The van der Waals surface area contributed by atoms with Crippen LogP contribution < -0.4 is 36.4 Å². The number of aromatic nitrogens is 8. The number of aromatic hydroxyl groups is 1. The van der Waals surface area contributed by atoms with Gasteiger partial charge in [-0.15, -0.1) is 0 Å². The molecular weight excluding hydrogens is 1990 g/mol. The number of hydrogen-bond acceptors (Lipinski definition) is 20. The number of hydrogen-bond donors (Lipinski definition) is 7. The van der Waals surface area contributed by atoms with Crippen molar-refractivity contribution < 1.29 is 79.2 Å². The van der Waals surface area contributed by atoms with E-state index in [1.165, 1.54) is 89.9 Å². The SMILES string of the molecule is CC(C)N(CCO)C(=O)c1nc(Cc2ccccc2Br)[nH]c(=O)c1OCc1ccccc1.CC(C)N(CCO)C(=O)c1nc(Cc2ccccc2C2=CCCCC2)[nH]c(=O)c1OCc1ccccc1.CC(C)N1CCn2c(Cc3ccccc3C3=CCCCC3)nc(=O)c(OCc3ccccc3)c2C1=O.CC(C)N1CCn2c(Cc3ccccc3C3CCCCC3)nc(=O)c(O)c2C1=O.OB(O)C1=CCCCC1.[CH3-].[Pd]. The minimum Gasteiger partial charge on any atom is -0.501 e. The number of carbonyl (C=O) groups excluding carboxylic acids is 4. The fourth-order valence-electron chi connectivity index (χ4n) is 19.1. The number of H-pyrrole nitrogens is 2. The van der Waals surface area contributed by atoms with Crippen LogP contribution in [-0.4, -0.2) is 178 Å². The fraction of sp³-hybridized carbons (Fsp3) is 0.395. The van der Waals surface area contributed by atoms with E-state index >= 15 is 0 Å². The first-order chi connectivity index (χ1) is 69.2. The molecule has 28 nitrogen and oxygen atoms in total. The molecule has 31 heteroatoms. The van der Waals surface area contributed by atoms with E-state index in [-0.39, 0.29) is 144 Å². The van der Waals surface area contributed by atoms with Crippen LogP contribution in [0.25, 0.3) is 11.1 Å². The van der Waals surface area contributed by atoms with Gasteiger partial charge in [0.1, 0.15) is 43.1 Å². The molecule has 6 heterocycles. The van der Waals surface area contributed by atoms with Gasteiger partial charge in [0.25, 0.3) is 34.7 Å². The Morgan fingerprint density at radius 3 is 1.27 bits per heavy atom. The minimum absolute atomic E-state index is 0. The van der Waals surface area contributed by atoms with Gasteiger partial charge in [0.05, 0.1) is 13.2 Å². The summed E-state index contributed by atoms with van der Waals surface area (Å²) in [6, 6.07) is 60.6. The van der Waals surface area contributed by atoms with Gasteiger partial charge in [0.2, 0.25) is 23.0 Å². The van der Waals surface area contributed by atoms with Crippen LogP contribution in [0, 0.1) is 7.43 Å². The summed E-state index contributed by atoms with van der Waals surface area (Å²) in [7, 11) is -1.20. The second-order valence-corrected chi connectivity index (χ2v) is 38.7. The van der Waals surface area contributed by atoms with Gasteiger partial charge in [-0.25, -0.2) is 9.97 Å². The number of amides is 4. The van der Waals surface area contributed by atoms with Crippen LogP contribution in [0.1, 0.15) is 291 Å². The van der Waals surface area contributed by atoms with Gasteiger partial charge in [-0.1, -0.05) is 235 Å². The molecular formula is C114H137BBrN12O16Pd-. The molecule has 0 atom stereocenters. The Morgan fingerprint density at radius 2 is 0.841 bits per heavy atom. The van der Waals surface area contributed by atoms with E-state index in [0.29, 0.717) is 86.8 Å². The molecule has 2 aliphatic heterocycles. The Morgan fingerprint density at radius 1 is 0.448 bits per heavy atom. The largest absolute Gasteiger partial charge is 0.501 e. The molecule has 0 unspecified atom stereocenters. The van der Waals surface area contributed by atoms with Crippen LogP contribution in [0.3, 0.4) is 0 Å². The van der Waals surface area contributed by atoms with Gasteiger partial charge in [-0.3, -0.25) is 38.4 Å². The number of carbonyl (C=O) groups is 4. The third kappa shape index (κ3) is 30.1. The second-order valence-electron chi connectivity index (χ2n) is 37.9. The van der Waals surface area contributed by atoms with Crippen molar-refractivity contribution in [1.82, 2.24) is 58.6 Å². The van der Waals surface area contributed by atoms with Gasteiger partial charge in [-0.05, 0) is 230 Å². The molecule has 4 aliphatic carbocycles. The normalized spacial score (nSPS) is 14.4. The number of benzene rings is 7. The Bertz CT molecular complexity index is 6540. The molecule has 145 heavy (non-hydrogen) atoms. The van der Waals surface area contributed by atoms with Crippen LogP contribution in [0.15, 0.2) is 235 Å². The summed E-state index contributed by atoms with van der Waals surface area (Å²) in [5.41, 5.74) is 12.2. The number of allylic oxidation sites excluding steroid dienone is 6. The van der Waals surface area contributed by atoms with Gasteiger partial charge in [0.15, 0.2) is 22.8 Å². The minimum atomic E-state index is -1.20. The molecule has 17 rings (SSSR count). The van der Waals surface area contributed by atoms with E-state index in [1.54, 1.807) is 14.4 Å². The zero-order valence-electron chi connectivity index (χ0n) is 84.6. The summed E-state index contributed by atoms with van der Waals surface area (Å²) in [5.74, 6) is 0.358. The molecule has 4 amide bonds. The number of aliphatic hydroxyl groups excluding tert-OH is 2. The van der Waals surface area contributed by atoms with E-state index in [1.807, 2.05) is 212 Å². The molecule has 6 aliphatic rings. The molecule has 0 saturated heterocycles. The van der Waals surface area contributed by atoms with Crippen molar-refractivity contribution >= 4 is 57.8 Å². The third-order valence-electron chi connectivity index (χ3n) is 26.6. The van der Waals surface area contributed by atoms with Crippen molar-refractivity contribution in [3.05, 3.63) is 367 Å². The molecule has 11 aromatic rings. The quantitative estimate of drug-likeness (QED) is 0.0157. The summed E-state index contributed by atoms with van der Waals surface area (Å²) in [4.78, 5) is 135.